The van der Waals surface area contributed by atoms with Crippen LogP contribution in [0.1, 0.15) is 5.56 Å². The smallest absolute Gasteiger partial charge is 0.417 e. The van der Waals surface area contributed by atoms with E-state index in [4.69, 9.17) is 9.47 Å². The monoisotopic (exact) mass is 341 g/mol. The van der Waals surface area contributed by atoms with Crippen LogP contribution >= 0.6 is 0 Å². The molecule has 1 heterocycles. The maximum Gasteiger partial charge on any atom is 0.417 e. The Hall–Kier alpha value is -2.77. The highest BCUT2D eigenvalue weighted by Crippen LogP contribution is 2.27. The maximum absolute atomic E-state index is 12.6. The lowest BCUT2D eigenvalue weighted by atomic mass is 10.3. The zero-order chi connectivity index (χ0) is 17.6. The fourth-order valence-electron chi connectivity index (χ4n) is 1.84. The molecule has 0 bridgehead atoms. The molecular formula is C16H14F3NO4. The van der Waals surface area contributed by atoms with E-state index in [0.29, 0.717) is 22.6 Å². The number of pyridine rings is 1. The van der Waals surface area contributed by atoms with E-state index in [0.717, 1.165) is 6.07 Å². The van der Waals surface area contributed by atoms with Gasteiger partial charge >= 0.3 is 12.1 Å². The summed E-state index contributed by atoms with van der Waals surface area (Å²) in [5.74, 6) is -0.226. The summed E-state index contributed by atoms with van der Waals surface area (Å²) in [6.07, 6.45) is -4.01. The summed E-state index contributed by atoms with van der Waals surface area (Å²) in [7, 11) is 0. The van der Waals surface area contributed by atoms with Crippen LogP contribution in [0.3, 0.4) is 0 Å². The third kappa shape index (κ3) is 5.15. The molecule has 0 radical (unpaired) electrons. The van der Waals surface area contributed by atoms with Gasteiger partial charge in [0.15, 0.2) is 0 Å². The molecule has 0 saturated carbocycles. The van der Waals surface area contributed by atoms with Crippen molar-refractivity contribution in [1.82, 2.24) is 4.57 Å². The predicted molar refractivity (Wildman–Crippen MR) is 78.6 cm³/mol. The van der Waals surface area contributed by atoms with Crippen molar-refractivity contribution in [2.45, 2.75) is 12.7 Å². The van der Waals surface area contributed by atoms with Crippen molar-refractivity contribution in [1.29, 1.82) is 0 Å². The van der Waals surface area contributed by atoms with Crippen molar-refractivity contribution < 1.29 is 27.4 Å². The largest absolute Gasteiger partial charge is 0.490 e. The number of carbonyl (C=O) groups excluding carboxylic acids is 1. The van der Waals surface area contributed by atoms with Gasteiger partial charge in [0, 0.05) is 12.3 Å². The molecule has 0 aliphatic carbocycles. The molecule has 0 saturated heterocycles. The molecule has 128 valence electrons. The molecule has 8 heteroatoms. The van der Waals surface area contributed by atoms with Gasteiger partial charge in [-0.15, -0.1) is 0 Å². The molecule has 2 aromatic rings. The summed E-state index contributed by atoms with van der Waals surface area (Å²) in [5, 5.41) is 0. The summed E-state index contributed by atoms with van der Waals surface area (Å²) >= 11 is 0. The second kappa shape index (κ2) is 7.67. The number of benzene rings is 1. The third-order valence-electron chi connectivity index (χ3n) is 2.97. The Morgan fingerprint density at radius 3 is 2.42 bits per heavy atom. The molecule has 0 aliphatic heterocycles. The lowest BCUT2D eigenvalue weighted by Crippen LogP contribution is -2.26. The Morgan fingerprint density at radius 2 is 1.75 bits per heavy atom. The van der Waals surface area contributed by atoms with Gasteiger partial charge in [0.05, 0.1) is 5.56 Å². The Balaban J connectivity index is 1.85. The molecule has 0 unspecified atom stereocenters. The summed E-state index contributed by atoms with van der Waals surface area (Å²) in [5.41, 5.74) is -1.73. The van der Waals surface area contributed by atoms with Gasteiger partial charge in [-0.05, 0) is 18.2 Å². The summed E-state index contributed by atoms with van der Waals surface area (Å²) in [6, 6.07) is 10.3. The van der Waals surface area contributed by atoms with E-state index in [2.05, 4.69) is 0 Å². The minimum Gasteiger partial charge on any atom is -0.490 e. The Labute approximate surface area is 135 Å². The van der Waals surface area contributed by atoms with E-state index < -0.39 is 29.8 Å². The van der Waals surface area contributed by atoms with Crippen LogP contribution in [0.15, 0.2) is 53.5 Å². The average molecular weight is 341 g/mol. The van der Waals surface area contributed by atoms with Gasteiger partial charge < -0.3 is 14.0 Å². The van der Waals surface area contributed by atoms with Gasteiger partial charge in [0.2, 0.25) is 0 Å². The van der Waals surface area contributed by atoms with Crippen LogP contribution < -0.4 is 10.3 Å². The molecule has 0 aliphatic rings. The van der Waals surface area contributed by atoms with Crippen LogP contribution in [0.2, 0.25) is 0 Å². The second-order valence-corrected chi connectivity index (χ2v) is 4.76. The highest BCUT2D eigenvalue weighted by Gasteiger charge is 2.31. The lowest BCUT2D eigenvalue weighted by molar-refractivity contribution is -0.146. The number of aromatic nitrogens is 1. The van der Waals surface area contributed by atoms with E-state index in [-0.39, 0.29) is 13.2 Å². The zero-order valence-electron chi connectivity index (χ0n) is 12.5. The van der Waals surface area contributed by atoms with Crippen LogP contribution in [0, 0.1) is 0 Å². The Bertz CT molecular complexity index is 741. The first-order valence-electron chi connectivity index (χ1n) is 6.97. The molecule has 5 nitrogen and oxygen atoms in total. The number of nitrogens with zero attached hydrogens (tertiary/aromatic N) is 1. The van der Waals surface area contributed by atoms with Crippen molar-refractivity contribution >= 4 is 5.97 Å². The zero-order valence-corrected chi connectivity index (χ0v) is 12.5. The van der Waals surface area contributed by atoms with Gasteiger partial charge in [0.1, 0.15) is 25.5 Å². The fraction of sp³-hybridized carbons (Fsp3) is 0.250. The SMILES string of the molecule is O=C(Cn1cc(C(F)(F)F)ccc1=O)OCCOc1ccccc1. The molecule has 24 heavy (non-hydrogen) atoms. The van der Waals surface area contributed by atoms with Crippen molar-refractivity contribution in [3.05, 3.63) is 64.6 Å². The fourth-order valence-corrected chi connectivity index (χ4v) is 1.84. The van der Waals surface area contributed by atoms with Gasteiger partial charge in [-0.3, -0.25) is 9.59 Å². The van der Waals surface area contributed by atoms with E-state index in [1.807, 2.05) is 6.07 Å². The van der Waals surface area contributed by atoms with E-state index in [1.165, 1.54) is 0 Å². The first-order valence-corrected chi connectivity index (χ1v) is 6.97. The van der Waals surface area contributed by atoms with Crippen LogP contribution in [0.25, 0.3) is 0 Å². The normalized spacial score (nSPS) is 11.1. The summed E-state index contributed by atoms with van der Waals surface area (Å²) in [4.78, 5) is 23.1. The maximum atomic E-state index is 12.6. The molecule has 0 fully saturated rings. The molecule has 2 rings (SSSR count). The lowest BCUT2D eigenvalue weighted by Gasteiger charge is -2.11. The summed E-state index contributed by atoms with van der Waals surface area (Å²) < 4.78 is 48.6. The average Bonchev–Trinajstić information content (AvgIpc) is 2.53. The van der Waals surface area contributed by atoms with E-state index in [9.17, 15) is 22.8 Å². The number of ether oxygens (including phenoxy) is 2. The highest BCUT2D eigenvalue weighted by molar-refractivity contribution is 5.69. The second-order valence-electron chi connectivity index (χ2n) is 4.76. The number of esters is 1. The van der Waals surface area contributed by atoms with Crippen molar-refractivity contribution in [3.8, 4) is 5.75 Å². The molecular weight excluding hydrogens is 327 g/mol. The van der Waals surface area contributed by atoms with E-state index >= 15 is 0 Å². The quantitative estimate of drug-likeness (QED) is 0.598. The topological polar surface area (TPSA) is 57.5 Å². The number of hydrogen-bond donors (Lipinski definition) is 0. The summed E-state index contributed by atoms with van der Waals surface area (Å²) in [6.45, 7) is -0.594. The van der Waals surface area contributed by atoms with Crippen LogP contribution in [0.5, 0.6) is 5.75 Å². The van der Waals surface area contributed by atoms with Crippen LogP contribution in [-0.4, -0.2) is 23.8 Å². The first kappa shape index (κ1) is 17.6. The number of carbonyl (C=O) groups is 1. The van der Waals surface area contributed by atoms with E-state index in [1.54, 1.807) is 24.3 Å². The first-order chi connectivity index (χ1) is 11.4. The third-order valence-corrected chi connectivity index (χ3v) is 2.97. The minimum absolute atomic E-state index is 0.0819. The number of hydrogen-bond acceptors (Lipinski definition) is 4. The van der Waals surface area contributed by atoms with Crippen molar-refractivity contribution in [3.63, 3.8) is 0 Å². The molecule has 0 amide bonds. The van der Waals surface area contributed by atoms with Crippen molar-refractivity contribution in [2.75, 3.05) is 13.2 Å². The number of halogens is 3. The minimum atomic E-state index is -4.59. The molecule has 1 aromatic heterocycles. The number of rotatable bonds is 6. The van der Waals surface area contributed by atoms with Gasteiger partial charge in [0.25, 0.3) is 5.56 Å². The van der Waals surface area contributed by atoms with Crippen molar-refractivity contribution in [2.24, 2.45) is 0 Å². The van der Waals surface area contributed by atoms with Crippen LogP contribution in [-0.2, 0) is 22.3 Å². The number of para-hydroxylation sites is 1. The molecule has 0 spiro atoms. The standard InChI is InChI=1S/C16H14F3NO4/c17-16(18,19)12-6-7-14(21)20(10-12)11-15(22)24-9-8-23-13-4-2-1-3-5-13/h1-7,10H,8-9,11H2. The Kier molecular flexibility index (Phi) is 5.62. The van der Waals surface area contributed by atoms with Gasteiger partial charge in [-0.25, -0.2) is 0 Å². The predicted octanol–water partition coefficient (Wildman–Crippen LogP) is 2.49. The highest BCUT2D eigenvalue weighted by atomic mass is 19.4. The van der Waals surface area contributed by atoms with Gasteiger partial charge in [-0.1, -0.05) is 18.2 Å². The van der Waals surface area contributed by atoms with Crippen LogP contribution in [0.4, 0.5) is 13.2 Å². The number of alkyl halides is 3. The van der Waals surface area contributed by atoms with Gasteiger partial charge in [-0.2, -0.15) is 13.2 Å². The molecule has 0 atom stereocenters. The molecule has 1 aromatic carbocycles. The Morgan fingerprint density at radius 1 is 1.04 bits per heavy atom. The molecule has 0 N–H and O–H groups in total.